The molecule has 0 unspecified atom stereocenters. The summed E-state index contributed by atoms with van der Waals surface area (Å²) in [6, 6.07) is 0. The quantitative estimate of drug-likeness (QED) is 0.761. The van der Waals surface area contributed by atoms with Crippen LogP contribution in [0.3, 0.4) is 0 Å². The molecule has 1 saturated heterocycles. The Morgan fingerprint density at radius 1 is 1.42 bits per heavy atom. The number of hydrogen-bond donors (Lipinski definition) is 2. The summed E-state index contributed by atoms with van der Waals surface area (Å²) in [6.07, 6.45) is -0.178. The minimum absolute atomic E-state index is 0.379. The van der Waals surface area contributed by atoms with Crippen molar-refractivity contribution in [3.63, 3.8) is 0 Å². The molecule has 0 saturated carbocycles. The Labute approximate surface area is 114 Å². The van der Waals surface area contributed by atoms with Crippen molar-refractivity contribution >= 4 is 16.3 Å². The third-order valence-electron chi connectivity index (χ3n) is 2.74. The van der Waals surface area contributed by atoms with E-state index >= 15 is 0 Å². The minimum atomic E-state index is -3.82. The van der Waals surface area contributed by atoms with Crippen LogP contribution in [0.1, 0.15) is 27.2 Å². The molecule has 1 rings (SSSR count). The van der Waals surface area contributed by atoms with Gasteiger partial charge in [-0.3, -0.25) is 0 Å². The van der Waals surface area contributed by atoms with Crippen LogP contribution in [0.4, 0.5) is 4.79 Å². The van der Waals surface area contributed by atoms with E-state index in [-0.39, 0.29) is 0 Å². The van der Waals surface area contributed by atoms with E-state index in [0.717, 1.165) is 23.8 Å². The van der Waals surface area contributed by atoms with E-state index in [1.54, 1.807) is 20.8 Å². The molecule has 0 bridgehead atoms. The maximum Gasteiger partial charge on any atom is 0.422 e. The summed E-state index contributed by atoms with van der Waals surface area (Å²) in [5.74, 6) is 0.513. The molecule has 0 aliphatic carbocycles. The van der Waals surface area contributed by atoms with Crippen molar-refractivity contribution in [3.05, 3.63) is 0 Å². The SMILES string of the molecule is CN(CCC1CNC1)S(=O)(=O)NC(=O)OC(C)(C)C. The molecule has 19 heavy (non-hydrogen) atoms. The molecule has 2 N–H and O–H groups in total. The Morgan fingerprint density at radius 3 is 2.42 bits per heavy atom. The van der Waals surface area contributed by atoms with Gasteiger partial charge in [-0.15, -0.1) is 0 Å². The van der Waals surface area contributed by atoms with E-state index in [9.17, 15) is 13.2 Å². The molecular weight excluding hydrogens is 270 g/mol. The molecule has 8 heteroatoms. The van der Waals surface area contributed by atoms with Crippen molar-refractivity contribution in [2.45, 2.75) is 32.8 Å². The van der Waals surface area contributed by atoms with E-state index in [1.807, 2.05) is 4.72 Å². The van der Waals surface area contributed by atoms with Crippen LogP contribution >= 0.6 is 0 Å². The summed E-state index contributed by atoms with van der Waals surface area (Å²) >= 11 is 0. The lowest BCUT2D eigenvalue weighted by molar-refractivity contribution is 0.0567. The summed E-state index contributed by atoms with van der Waals surface area (Å²) in [7, 11) is -2.38. The second-order valence-electron chi connectivity index (χ2n) is 5.74. The molecule has 0 aromatic heterocycles. The normalized spacial score (nSPS) is 17.1. The molecular formula is C11H23N3O4S. The first kappa shape index (κ1) is 16.2. The molecule has 0 spiro atoms. The number of hydrogen-bond acceptors (Lipinski definition) is 5. The summed E-state index contributed by atoms with van der Waals surface area (Å²) < 4.78 is 31.6. The van der Waals surface area contributed by atoms with Crippen LogP contribution in [-0.2, 0) is 14.9 Å². The third kappa shape index (κ3) is 5.75. The monoisotopic (exact) mass is 293 g/mol. The van der Waals surface area contributed by atoms with Gasteiger partial charge in [0.15, 0.2) is 0 Å². The molecule has 1 aliphatic heterocycles. The summed E-state index contributed by atoms with van der Waals surface area (Å²) in [5, 5.41) is 3.12. The number of amides is 1. The molecule has 112 valence electrons. The summed E-state index contributed by atoms with van der Waals surface area (Å²) in [5.41, 5.74) is -0.726. The highest BCUT2D eigenvalue weighted by atomic mass is 32.2. The van der Waals surface area contributed by atoms with Gasteiger partial charge in [0.05, 0.1) is 0 Å². The molecule has 0 radical (unpaired) electrons. The van der Waals surface area contributed by atoms with Crippen molar-refractivity contribution in [2.75, 3.05) is 26.7 Å². The van der Waals surface area contributed by atoms with E-state index in [1.165, 1.54) is 7.05 Å². The highest BCUT2D eigenvalue weighted by molar-refractivity contribution is 7.87. The zero-order valence-electron chi connectivity index (χ0n) is 11.9. The number of nitrogens with zero attached hydrogens (tertiary/aromatic N) is 1. The van der Waals surface area contributed by atoms with Gasteiger partial charge >= 0.3 is 16.3 Å². The summed E-state index contributed by atoms with van der Waals surface area (Å²) in [4.78, 5) is 11.4. The fourth-order valence-electron chi connectivity index (χ4n) is 1.52. The van der Waals surface area contributed by atoms with Crippen LogP contribution < -0.4 is 10.0 Å². The Hall–Kier alpha value is -0.860. The topological polar surface area (TPSA) is 87.7 Å². The molecule has 1 aliphatic rings. The lowest BCUT2D eigenvalue weighted by Crippen LogP contribution is -2.46. The number of nitrogens with one attached hydrogen (secondary N) is 2. The third-order valence-corrected chi connectivity index (χ3v) is 4.17. The lowest BCUT2D eigenvalue weighted by atomic mass is 10.00. The van der Waals surface area contributed by atoms with Crippen molar-refractivity contribution < 1.29 is 17.9 Å². The summed E-state index contributed by atoms with van der Waals surface area (Å²) in [6.45, 7) is 7.25. The van der Waals surface area contributed by atoms with Crippen LogP contribution in [0.5, 0.6) is 0 Å². The average molecular weight is 293 g/mol. The van der Waals surface area contributed by atoms with Crippen LogP contribution in [-0.4, -0.2) is 51.1 Å². The van der Waals surface area contributed by atoms with Crippen molar-refractivity contribution in [1.29, 1.82) is 0 Å². The van der Waals surface area contributed by atoms with Gasteiger partial charge in [0.25, 0.3) is 0 Å². The number of carbonyl (C=O) groups is 1. The van der Waals surface area contributed by atoms with Crippen LogP contribution in [0, 0.1) is 5.92 Å². The first-order chi connectivity index (χ1) is 8.60. The predicted molar refractivity (Wildman–Crippen MR) is 71.9 cm³/mol. The van der Waals surface area contributed by atoms with Crippen LogP contribution in [0.15, 0.2) is 0 Å². The average Bonchev–Trinajstić information content (AvgIpc) is 2.10. The van der Waals surface area contributed by atoms with Gasteiger partial charge in [-0.05, 0) is 46.2 Å². The number of rotatable bonds is 5. The van der Waals surface area contributed by atoms with Gasteiger partial charge in [-0.25, -0.2) is 9.52 Å². The van der Waals surface area contributed by atoms with Crippen molar-refractivity contribution in [2.24, 2.45) is 5.92 Å². The highest BCUT2D eigenvalue weighted by Gasteiger charge is 2.26. The molecule has 1 amide bonds. The number of ether oxygens (including phenoxy) is 1. The number of carbonyl (C=O) groups excluding carboxylic acids is 1. The Bertz CT molecular complexity index is 412. The first-order valence-corrected chi connectivity index (χ1v) is 7.72. The molecule has 0 aromatic rings. The predicted octanol–water partition coefficient (Wildman–Crippen LogP) is 0.297. The molecule has 7 nitrogen and oxygen atoms in total. The Balaban J connectivity index is 2.42. The Kier molecular flexibility index (Phi) is 5.17. The highest BCUT2D eigenvalue weighted by Crippen LogP contribution is 2.11. The fourth-order valence-corrected chi connectivity index (χ4v) is 2.27. The fraction of sp³-hybridized carbons (Fsp3) is 0.909. The van der Waals surface area contributed by atoms with Gasteiger partial charge < -0.3 is 10.1 Å². The minimum Gasteiger partial charge on any atom is -0.443 e. The van der Waals surface area contributed by atoms with E-state index < -0.39 is 21.9 Å². The van der Waals surface area contributed by atoms with Gasteiger partial charge in [0.2, 0.25) is 0 Å². The standard InChI is InChI=1S/C11H23N3O4S/c1-11(2,3)18-10(15)13-19(16,17)14(4)6-5-9-7-12-8-9/h9,12H,5-8H2,1-4H3,(H,13,15). The maximum absolute atomic E-state index is 11.8. The van der Waals surface area contributed by atoms with Crippen LogP contribution in [0.25, 0.3) is 0 Å². The zero-order valence-corrected chi connectivity index (χ0v) is 12.7. The van der Waals surface area contributed by atoms with E-state index in [4.69, 9.17) is 4.74 Å². The van der Waals surface area contributed by atoms with Gasteiger partial charge in [-0.2, -0.15) is 12.7 Å². The van der Waals surface area contributed by atoms with Gasteiger partial charge in [-0.1, -0.05) is 0 Å². The maximum atomic E-state index is 11.8. The molecule has 1 heterocycles. The largest absolute Gasteiger partial charge is 0.443 e. The van der Waals surface area contributed by atoms with Crippen molar-refractivity contribution in [3.8, 4) is 0 Å². The second-order valence-corrected chi connectivity index (χ2v) is 7.52. The second kappa shape index (κ2) is 6.06. The first-order valence-electron chi connectivity index (χ1n) is 6.28. The van der Waals surface area contributed by atoms with Crippen molar-refractivity contribution in [1.82, 2.24) is 14.3 Å². The molecule has 0 atom stereocenters. The van der Waals surface area contributed by atoms with E-state index in [2.05, 4.69) is 5.32 Å². The van der Waals surface area contributed by atoms with Gasteiger partial charge in [0, 0.05) is 13.6 Å². The van der Waals surface area contributed by atoms with E-state index in [0.29, 0.717) is 12.5 Å². The van der Waals surface area contributed by atoms with Gasteiger partial charge in [0.1, 0.15) is 5.60 Å². The smallest absolute Gasteiger partial charge is 0.422 e. The molecule has 0 aromatic carbocycles. The molecule has 1 fully saturated rings. The zero-order chi connectivity index (χ0) is 14.7. The lowest BCUT2D eigenvalue weighted by Gasteiger charge is -2.28. The Morgan fingerprint density at radius 2 is 2.00 bits per heavy atom. The van der Waals surface area contributed by atoms with Crippen LogP contribution in [0.2, 0.25) is 0 Å².